The van der Waals surface area contributed by atoms with Gasteiger partial charge in [-0.15, -0.1) is 0 Å². The van der Waals surface area contributed by atoms with Crippen molar-refractivity contribution in [1.29, 1.82) is 0 Å². The standard InChI is InChI=1S/C15H19NO3/c1-3-12(10-17)16-13(18)9-15(2,14(16)19)11-7-5-4-6-8-11/h4-8,12,17H,3,9-10H2,1-2H3/t12-,15?/m1/s1. The van der Waals surface area contributed by atoms with E-state index in [9.17, 15) is 14.7 Å². The summed E-state index contributed by atoms with van der Waals surface area (Å²) in [6.07, 6.45) is 0.741. The molecule has 4 nitrogen and oxygen atoms in total. The number of aliphatic hydroxyl groups is 1. The number of rotatable bonds is 4. The third-order valence-corrected chi connectivity index (χ3v) is 3.92. The van der Waals surface area contributed by atoms with Crippen molar-refractivity contribution >= 4 is 11.8 Å². The van der Waals surface area contributed by atoms with Crippen molar-refractivity contribution < 1.29 is 14.7 Å². The molecule has 0 aromatic heterocycles. The molecule has 2 atom stereocenters. The van der Waals surface area contributed by atoms with E-state index in [0.29, 0.717) is 6.42 Å². The van der Waals surface area contributed by atoms with Crippen LogP contribution in [-0.2, 0) is 15.0 Å². The van der Waals surface area contributed by atoms with Crippen molar-refractivity contribution in [2.75, 3.05) is 6.61 Å². The Balaban J connectivity index is 2.37. The molecule has 1 saturated heterocycles. The molecule has 1 aromatic carbocycles. The molecule has 0 spiro atoms. The zero-order valence-electron chi connectivity index (χ0n) is 11.3. The number of imide groups is 1. The summed E-state index contributed by atoms with van der Waals surface area (Å²) < 4.78 is 0. The van der Waals surface area contributed by atoms with Crippen LogP contribution in [0.5, 0.6) is 0 Å². The zero-order chi connectivity index (χ0) is 14.0. The third-order valence-electron chi connectivity index (χ3n) is 3.92. The average Bonchev–Trinajstić information content (AvgIpc) is 2.66. The van der Waals surface area contributed by atoms with E-state index in [-0.39, 0.29) is 24.8 Å². The van der Waals surface area contributed by atoms with Crippen LogP contribution >= 0.6 is 0 Å². The topological polar surface area (TPSA) is 57.6 Å². The number of likely N-dealkylation sites (tertiary alicyclic amines) is 1. The van der Waals surface area contributed by atoms with Crippen LogP contribution in [0.3, 0.4) is 0 Å². The monoisotopic (exact) mass is 261 g/mol. The highest BCUT2D eigenvalue weighted by Crippen LogP contribution is 2.37. The van der Waals surface area contributed by atoms with Crippen molar-refractivity contribution in [3.8, 4) is 0 Å². The van der Waals surface area contributed by atoms with Gasteiger partial charge in [0.2, 0.25) is 11.8 Å². The molecule has 1 N–H and O–H groups in total. The quantitative estimate of drug-likeness (QED) is 0.835. The predicted molar refractivity (Wildman–Crippen MR) is 71.4 cm³/mol. The van der Waals surface area contributed by atoms with Crippen molar-refractivity contribution in [2.24, 2.45) is 0 Å². The normalized spacial score (nSPS) is 24.9. The molecule has 19 heavy (non-hydrogen) atoms. The molecule has 4 heteroatoms. The minimum atomic E-state index is -0.805. The minimum Gasteiger partial charge on any atom is -0.394 e. The smallest absolute Gasteiger partial charge is 0.240 e. The van der Waals surface area contributed by atoms with Crippen LogP contribution in [-0.4, -0.2) is 34.5 Å². The highest BCUT2D eigenvalue weighted by Gasteiger charge is 2.50. The summed E-state index contributed by atoms with van der Waals surface area (Å²) >= 11 is 0. The molecule has 1 aromatic rings. The first kappa shape index (κ1) is 13.7. The van der Waals surface area contributed by atoms with Crippen molar-refractivity contribution in [3.05, 3.63) is 35.9 Å². The first-order valence-corrected chi connectivity index (χ1v) is 6.57. The largest absolute Gasteiger partial charge is 0.394 e. The summed E-state index contributed by atoms with van der Waals surface area (Å²) in [6.45, 7) is 3.48. The molecule has 2 amide bonds. The average molecular weight is 261 g/mol. The van der Waals surface area contributed by atoms with Gasteiger partial charge in [-0.25, -0.2) is 0 Å². The fraction of sp³-hybridized carbons (Fsp3) is 0.467. The molecule has 0 radical (unpaired) electrons. The Morgan fingerprint density at radius 3 is 2.47 bits per heavy atom. The van der Waals surface area contributed by atoms with Gasteiger partial charge in [-0.2, -0.15) is 0 Å². The second kappa shape index (κ2) is 5.13. The molecule has 2 rings (SSSR count). The van der Waals surface area contributed by atoms with Crippen molar-refractivity contribution in [2.45, 2.75) is 38.1 Å². The van der Waals surface area contributed by atoms with Crippen LogP contribution in [0.2, 0.25) is 0 Å². The second-order valence-electron chi connectivity index (χ2n) is 5.19. The fourth-order valence-corrected chi connectivity index (χ4v) is 2.64. The number of amides is 2. The van der Waals surface area contributed by atoms with Gasteiger partial charge in [-0.3, -0.25) is 14.5 Å². The molecular formula is C15H19NO3. The van der Waals surface area contributed by atoms with Crippen molar-refractivity contribution in [1.82, 2.24) is 4.90 Å². The first-order chi connectivity index (χ1) is 9.04. The molecule has 0 bridgehead atoms. The third kappa shape index (κ3) is 2.16. The maximum absolute atomic E-state index is 12.6. The lowest BCUT2D eigenvalue weighted by molar-refractivity contribution is -0.143. The van der Waals surface area contributed by atoms with Crippen LogP contribution in [0.25, 0.3) is 0 Å². The number of nitrogens with zero attached hydrogens (tertiary/aromatic N) is 1. The molecule has 1 unspecified atom stereocenters. The van der Waals surface area contributed by atoms with Gasteiger partial charge >= 0.3 is 0 Å². The van der Waals surface area contributed by atoms with Gasteiger partial charge in [-0.1, -0.05) is 37.3 Å². The molecule has 1 fully saturated rings. The second-order valence-corrected chi connectivity index (χ2v) is 5.19. The highest BCUT2D eigenvalue weighted by atomic mass is 16.3. The van der Waals surface area contributed by atoms with Gasteiger partial charge in [-0.05, 0) is 18.9 Å². The van der Waals surface area contributed by atoms with Gasteiger partial charge < -0.3 is 5.11 Å². The van der Waals surface area contributed by atoms with Gasteiger partial charge in [0, 0.05) is 6.42 Å². The van der Waals surface area contributed by atoms with Crippen LogP contribution in [0.4, 0.5) is 0 Å². The Hall–Kier alpha value is -1.68. The maximum Gasteiger partial charge on any atom is 0.240 e. The summed E-state index contributed by atoms with van der Waals surface area (Å²) in [5.74, 6) is -0.401. The molecule has 0 aliphatic carbocycles. The number of aliphatic hydroxyl groups excluding tert-OH is 1. The number of benzene rings is 1. The highest BCUT2D eigenvalue weighted by molar-refractivity contribution is 6.09. The number of hydrogen-bond donors (Lipinski definition) is 1. The van der Waals surface area contributed by atoms with E-state index < -0.39 is 11.5 Å². The Labute approximate surface area is 113 Å². The van der Waals surface area contributed by atoms with E-state index in [4.69, 9.17) is 0 Å². The number of hydrogen-bond acceptors (Lipinski definition) is 3. The summed E-state index contributed by atoms with van der Waals surface area (Å²) in [5, 5.41) is 9.32. The van der Waals surface area contributed by atoms with E-state index in [2.05, 4.69) is 0 Å². The lowest BCUT2D eigenvalue weighted by atomic mass is 9.81. The SMILES string of the molecule is CC[C@H](CO)N1C(=O)CC(C)(c2ccccc2)C1=O. The molecule has 102 valence electrons. The van der Waals surface area contributed by atoms with Gasteiger partial charge in [0.1, 0.15) is 0 Å². The summed E-state index contributed by atoms with van der Waals surface area (Å²) in [7, 11) is 0. The van der Waals surface area contributed by atoms with Gasteiger partial charge in [0.25, 0.3) is 0 Å². The Kier molecular flexibility index (Phi) is 3.71. The van der Waals surface area contributed by atoms with Crippen LogP contribution < -0.4 is 0 Å². The molecule has 1 aliphatic rings. The Morgan fingerprint density at radius 2 is 1.95 bits per heavy atom. The minimum absolute atomic E-state index is 0.173. The van der Waals surface area contributed by atoms with E-state index in [1.54, 1.807) is 6.92 Å². The molecular weight excluding hydrogens is 242 g/mol. The summed E-state index contributed by atoms with van der Waals surface area (Å²) in [5.41, 5.74) is 0.0460. The Morgan fingerprint density at radius 1 is 1.32 bits per heavy atom. The summed E-state index contributed by atoms with van der Waals surface area (Å²) in [6, 6.07) is 8.94. The number of carbonyl (C=O) groups excluding carboxylic acids is 2. The number of carbonyl (C=O) groups is 2. The van der Waals surface area contributed by atoms with Crippen LogP contribution in [0, 0.1) is 0 Å². The maximum atomic E-state index is 12.6. The van der Waals surface area contributed by atoms with Crippen LogP contribution in [0.15, 0.2) is 30.3 Å². The zero-order valence-corrected chi connectivity index (χ0v) is 11.3. The van der Waals surface area contributed by atoms with Gasteiger partial charge in [0.15, 0.2) is 0 Å². The Bertz CT molecular complexity index is 481. The first-order valence-electron chi connectivity index (χ1n) is 6.57. The lowest BCUT2D eigenvalue weighted by Crippen LogP contribution is -2.44. The molecule has 1 aliphatic heterocycles. The molecule has 0 saturated carbocycles. The van der Waals surface area contributed by atoms with Crippen molar-refractivity contribution in [3.63, 3.8) is 0 Å². The van der Waals surface area contributed by atoms with E-state index in [1.807, 2.05) is 37.3 Å². The van der Waals surface area contributed by atoms with Gasteiger partial charge in [0.05, 0.1) is 18.1 Å². The fourth-order valence-electron chi connectivity index (χ4n) is 2.64. The predicted octanol–water partition coefficient (Wildman–Crippen LogP) is 1.47. The van der Waals surface area contributed by atoms with E-state index in [1.165, 1.54) is 4.90 Å². The lowest BCUT2D eigenvalue weighted by Gasteiger charge is -2.27. The summed E-state index contributed by atoms with van der Waals surface area (Å²) in [4.78, 5) is 26.0. The van der Waals surface area contributed by atoms with E-state index in [0.717, 1.165) is 5.56 Å². The van der Waals surface area contributed by atoms with E-state index >= 15 is 0 Å². The van der Waals surface area contributed by atoms with Crippen LogP contribution in [0.1, 0.15) is 32.3 Å². The molecule has 1 heterocycles.